The molecule has 6 nitrogen and oxygen atoms in total. The Morgan fingerprint density at radius 2 is 1.76 bits per heavy atom. The maximum atomic E-state index is 13.5. The lowest BCUT2D eigenvalue weighted by atomic mass is 9.38. The molecule has 0 aromatic carbocycles. The van der Waals surface area contributed by atoms with Crippen LogP contribution in [0.3, 0.4) is 0 Å². The SMILES string of the molecule is CC(C)C1=C2C3CCC4C5(C)CC=C(C6=CCC(C(=O)OC(C)(C)C)CC6)C(C)C5CCC4(C)C3CCC2(CC[N+](=O)[O-])CC1=O. The van der Waals surface area contributed by atoms with E-state index in [1.807, 2.05) is 20.8 Å². The van der Waals surface area contributed by atoms with Crippen LogP contribution in [0.15, 0.2) is 34.4 Å². The average Bonchev–Trinajstić information content (AvgIpc) is 3.28. The van der Waals surface area contributed by atoms with Crippen LogP contribution >= 0.6 is 0 Å². The van der Waals surface area contributed by atoms with E-state index in [0.717, 1.165) is 50.5 Å². The van der Waals surface area contributed by atoms with Gasteiger partial charge in [0, 0.05) is 23.2 Å². The zero-order chi connectivity index (χ0) is 33.4. The van der Waals surface area contributed by atoms with Crippen molar-refractivity contribution in [3.63, 3.8) is 0 Å². The molecule has 0 aromatic rings. The monoisotopic (exact) mass is 633 g/mol. The average molecular weight is 634 g/mol. The summed E-state index contributed by atoms with van der Waals surface area (Å²) in [4.78, 5) is 37.7. The first-order valence-electron chi connectivity index (χ1n) is 18.5. The molecule has 9 atom stereocenters. The molecule has 0 heterocycles. The molecular weight excluding hydrogens is 574 g/mol. The Morgan fingerprint density at radius 3 is 2.39 bits per heavy atom. The van der Waals surface area contributed by atoms with Gasteiger partial charge in [-0.1, -0.05) is 52.3 Å². The topological polar surface area (TPSA) is 86.5 Å². The minimum Gasteiger partial charge on any atom is -0.460 e. The second kappa shape index (κ2) is 11.7. The van der Waals surface area contributed by atoms with Crippen LogP contribution in [0.1, 0.15) is 132 Å². The number of Topliss-reactive ketones (excluding diaryl/α,β-unsaturated/α-hetero) is 1. The Hall–Kier alpha value is -2.24. The first-order valence-corrected chi connectivity index (χ1v) is 18.5. The van der Waals surface area contributed by atoms with Gasteiger partial charge in [0.05, 0.1) is 5.92 Å². The second-order valence-corrected chi connectivity index (χ2v) is 18.1. The number of fused-ring (bicyclic) bond motifs is 7. The number of nitro groups is 1. The normalized spacial score (nSPS) is 40.8. The molecule has 0 amide bonds. The molecule has 46 heavy (non-hydrogen) atoms. The van der Waals surface area contributed by atoms with Crippen molar-refractivity contribution in [1.29, 1.82) is 0 Å². The van der Waals surface area contributed by atoms with E-state index in [2.05, 4.69) is 46.8 Å². The van der Waals surface area contributed by atoms with Crippen molar-refractivity contribution >= 4 is 11.8 Å². The minimum absolute atomic E-state index is 0.0337. The maximum Gasteiger partial charge on any atom is 0.309 e. The third kappa shape index (κ3) is 5.46. The van der Waals surface area contributed by atoms with Gasteiger partial charge in [-0.15, -0.1) is 0 Å². The molecule has 6 aliphatic carbocycles. The summed E-state index contributed by atoms with van der Waals surface area (Å²) in [5, 5.41) is 11.5. The lowest BCUT2D eigenvalue weighted by Gasteiger charge is -2.66. The molecule has 0 radical (unpaired) electrons. The highest BCUT2D eigenvalue weighted by Crippen LogP contribution is 2.72. The number of nitrogens with zero attached hydrogens (tertiary/aromatic N) is 1. The summed E-state index contributed by atoms with van der Waals surface area (Å²) >= 11 is 0. The number of esters is 1. The van der Waals surface area contributed by atoms with Crippen LogP contribution in [0.4, 0.5) is 0 Å². The number of ether oxygens (including phenoxy) is 1. The summed E-state index contributed by atoms with van der Waals surface area (Å²) in [7, 11) is 0. The molecule has 0 N–H and O–H groups in total. The van der Waals surface area contributed by atoms with Gasteiger partial charge in [-0.25, -0.2) is 0 Å². The molecule has 254 valence electrons. The third-order valence-corrected chi connectivity index (χ3v) is 14.2. The van der Waals surface area contributed by atoms with Crippen LogP contribution in [0, 0.1) is 67.8 Å². The van der Waals surface area contributed by atoms with E-state index >= 15 is 0 Å². The molecule has 0 spiro atoms. The van der Waals surface area contributed by atoms with E-state index in [0.29, 0.717) is 42.4 Å². The third-order valence-electron chi connectivity index (χ3n) is 14.2. The summed E-state index contributed by atoms with van der Waals surface area (Å²) in [6.45, 7) is 17.8. The standard InChI is InChI=1S/C40H59NO5/c1-24(2)34-32(42)23-40(21-22-41(44)45)20-17-31-29(35(34)40)13-14-33-38(7)18-15-28(25(3)30(38)16-19-39(31,33)8)26-9-11-27(12-10-26)36(43)46-37(4,5)6/h9,15,24-25,27,29-31,33H,10-14,16-23H2,1-8H3. The molecule has 3 saturated carbocycles. The van der Waals surface area contributed by atoms with E-state index in [9.17, 15) is 19.7 Å². The Morgan fingerprint density at radius 1 is 1.04 bits per heavy atom. The summed E-state index contributed by atoms with van der Waals surface area (Å²) in [5.74, 6) is 3.09. The van der Waals surface area contributed by atoms with Crippen LogP contribution in [-0.2, 0) is 14.3 Å². The van der Waals surface area contributed by atoms with Crippen molar-refractivity contribution in [2.75, 3.05) is 6.54 Å². The Kier molecular flexibility index (Phi) is 8.58. The molecule has 0 bridgehead atoms. The Bertz CT molecular complexity index is 1380. The van der Waals surface area contributed by atoms with E-state index in [4.69, 9.17) is 4.74 Å². The number of carbonyl (C=O) groups excluding carboxylic acids is 2. The number of rotatable bonds is 6. The fraction of sp³-hybridized carbons (Fsp3) is 0.800. The van der Waals surface area contributed by atoms with Gasteiger partial charge >= 0.3 is 5.97 Å². The van der Waals surface area contributed by atoms with Crippen molar-refractivity contribution in [2.45, 2.75) is 138 Å². The van der Waals surface area contributed by atoms with Gasteiger partial charge in [0.1, 0.15) is 5.60 Å². The zero-order valence-electron chi connectivity index (χ0n) is 29.9. The molecule has 3 fully saturated rings. The molecular formula is C40H59NO5. The molecule has 0 aromatic heterocycles. The number of carbonyl (C=O) groups is 2. The predicted octanol–water partition coefficient (Wildman–Crippen LogP) is 9.46. The van der Waals surface area contributed by atoms with E-state index in [-0.39, 0.29) is 51.3 Å². The second-order valence-electron chi connectivity index (χ2n) is 18.1. The van der Waals surface area contributed by atoms with Crippen molar-refractivity contribution in [3.8, 4) is 0 Å². The van der Waals surface area contributed by atoms with Gasteiger partial charge in [-0.05, 0) is 148 Å². The molecule has 0 aliphatic heterocycles. The number of allylic oxidation sites excluding steroid dienone is 6. The lowest BCUT2D eigenvalue weighted by molar-refractivity contribution is -0.482. The number of ketones is 1. The molecule has 6 rings (SSSR count). The smallest absolute Gasteiger partial charge is 0.309 e. The summed E-state index contributed by atoms with van der Waals surface area (Å²) < 4.78 is 5.70. The largest absolute Gasteiger partial charge is 0.460 e. The first-order chi connectivity index (χ1) is 21.5. The fourth-order valence-corrected chi connectivity index (χ4v) is 12.4. The van der Waals surface area contributed by atoms with E-state index in [1.54, 1.807) is 0 Å². The van der Waals surface area contributed by atoms with E-state index in [1.165, 1.54) is 36.0 Å². The molecule has 0 saturated heterocycles. The van der Waals surface area contributed by atoms with E-state index < -0.39 is 5.60 Å². The quantitative estimate of drug-likeness (QED) is 0.165. The lowest BCUT2D eigenvalue weighted by Crippen LogP contribution is -2.59. The van der Waals surface area contributed by atoms with Gasteiger partial charge in [-0.2, -0.15) is 0 Å². The van der Waals surface area contributed by atoms with Gasteiger partial charge in [0.15, 0.2) is 5.78 Å². The summed E-state index contributed by atoms with van der Waals surface area (Å²) in [6.07, 6.45) is 16.5. The van der Waals surface area contributed by atoms with Crippen LogP contribution < -0.4 is 0 Å². The molecule has 6 heteroatoms. The summed E-state index contributed by atoms with van der Waals surface area (Å²) in [6, 6.07) is 0. The van der Waals surface area contributed by atoms with Crippen LogP contribution in [0.5, 0.6) is 0 Å². The van der Waals surface area contributed by atoms with Crippen molar-refractivity contribution in [3.05, 3.63) is 44.6 Å². The highest BCUT2D eigenvalue weighted by atomic mass is 16.6. The van der Waals surface area contributed by atoms with Crippen molar-refractivity contribution in [2.24, 2.45) is 57.7 Å². The Labute approximate surface area is 277 Å². The number of hydrogen-bond donors (Lipinski definition) is 0. The number of hydrogen-bond acceptors (Lipinski definition) is 5. The maximum absolute atomic E-state index is 13.5. The van der Waals surface area contributed by atoms with Gasteiger partial charge in [0.2, 0.25) is 6.54 Å². The van der Waals surface area contributed by atoms with Crippen molar-refractivity contribution in [1.82, 2.24) is 0 Å². The highest BCUT2D eigenvalue weighted by molar-refractivity contribution is 6.00. The Balaban J connectivity index is 1.25. The predicted molar refractivity (Wildman–Crippen MR) is 181 cm³/mol. The van der Waals surface area contributed by atoms with Crippen molar-refractivity contribution < 1.29 is 19.2 Å². The fourth-order valence-electron chi connectivity index (χ4n) is 12.4. The zero-order valence-corrected chi connectivity index (χ0v) is 29.9. The molecule has 9 unspecified atom stereocenters. The van der Waals surface area contributed by atoms with Crippen LogP contribution in [0.2, 0.25) is 0 Å². The highest BCUT2D eigenvalue weighted by Gasteiger charge is 2.64. The van der Waals surface area contributed by atoms with Gasteiger partial charge in [0.25, 0.3) is 0 Å². The molecule has 6 aliphatic rings. The first kappa shape index (κ1) is 33.7. The summed E-state index contributed by atoms with van der Waals surface area (Å²) in [5.41, 5.74) is 5.13. The minimum atomic E-state index is -0.444. The van der Waals surface area contributed by atoms with Crippen LogP contribution in [-0.4, -0.2) is 28.8 Å². The van der Waals surface area contributed by atoms with Gasteiger partial charge in [-0.3, -0.25) is 19.7 Å². The van der Waals surface area contributed by atoms with Crippen LogP contribution in [0.25, 0.3) is 0 Å². The van der Waals surface area contributed by atoms with Gasteiger partial charge < -0.3 is 4.74 Å².